The number of terminal acetylenes is 1. The molecular weight excluding hydrogens is 304 g/mol. The quantitative estimate of drug-likeness (QED) is 0.703. The second kappa shape index (κ2) is 7.61. The highest BCUT2D eigenvalue weighted by Crippen LogP contribution is 2.14. The smallest absolute Gasteiger partial charge is 0.337 e. The summed E-state index contributed by atoms with van der Waals surface area (Å²) in [5, 5.41) is 20.1. The van der Waals surface area contributed by atoms with Crippen molar-refractivity contribution in [3.05, 3.63) is 83.4 Å². The predicted molar refractivity (Wildman–Crippen MR) is 92.2 cm³/mol. The largest absolute Gasteiger partial charge is 0.478 e. The maximum absolute atomic E-state index is 10.7. The van der Waals surface area contributed by atoms with Gasteiger partial charge in [0, 0.05) is 5.56 Å². The summed E-state index contributed by atoms with van der Waals surface area (Å²) in [6.07, 6.45) is 5.05. The van der Waals surface area contributed by atoms with E-state index in [2.05, 4.69) is 54.5 Å². The first kappa shape index (κ1) is 16.8. The monoisotopic (exact) mass is 318 g/mol. The van der Waals surface area contributed by atoms with Gasteiger partial charge >= 0.3 is 11.9 Å². The van der Waals surface area contributed by atoms with Crippen LogP contribution in [0.25, 0.3) is 10.8 Å². The molecule has 2 N–H and O–H groups in total. The fourth-order valence-corrected chi connectivity index (χ4v) is 2.21. The molecule has 0 heterocycles. The molecule has 0 amide bonds. The molecule has 0 spiro atoms. The van der Waals surface area contributed by atoms with Gasteiger partial charge in [0.25, 0.3) is 0 Å². The molecule has 3 aromatic carbocycles. The van der Waals surface area contributed by atoms with Crippen LogP contribution in [-0.2, 0) is 0 Å². The van der Waals surface area contributed by atoms with E-state index in [-0.39, 0.29) is 16.7 Å². The summed E-state index contributed by atoms with van der Waals surface area (Å²) in [5.41, 5.74) is -0.576. The minimum atomic E-state index is -1.34. The maximum Gasteiger partial charge on any atom is 0.337 e. The lowest BCUT2D eigenvalue weighted by Gasteiger charge is -2.02. The molecule has 4 nitrogen and oxygen atoms in total. The summed E-state index contributed by atoms with van der Waals surface area (Å²) < 4.78 is 0. The lowest BCUT2D eigenvalue weighted by atomic mass is 10.0. The molecule has 0 aliphatic rings. The van der Waals surface area contributed by atoms with Gasteiger partial charge in [0.05, 0.1) is 11.1 Å². The van der Waals surface area contributed by atoms with Crippen molar-refractivity contribution in [2.75, 3.05) is 0 Å². The number of carboxylic acids is 2. The molecule has 24 heavy (non-hydrogen) atoms. The third-order valence-electron chi connectivity index (χ3n) is 3.32. The number of rotatable bonds is 2. The molecule has 3 aromatic rings. The Bertz CT molecular complexity index is 870. The minimum Gasteiger partial charge on any atom is -0.478 e. The third-order valence-corrected chi connectivity index (χ3v) is 3.32. The first-order valence-electron chi connectivity index (χ1n) is 7.04. The van der Waals surface area contributed by atoms with Crippen LogP contribution < -0.4 is 0 Å². The molecule has 3 rings (SSSR count). The SMILES string of the molecule is C#Cc1cccc(C(=O)O)c1C(=O)O.c1ccc2ccccc2c1. The van der Waals surface area contributed by atoms with Gasteiger partial charge in [-0.2, -0.15) is 0 Å². The highest BCUT2D eigenvalue weighted by Gasteiger charge is 2.18. The van der Waals surface area contributed by atoms with E-state index in [9.17, 15) is 9.59 Å². The van der Waals surface area contributed by atoms with Crippen LogP contribution in [0, 0.1) is 12.3 Å². The lowest BCUT2D eigenvalue weighted by molar-refractivity contribution is 0.0651. The summed E-state index contributed by atoms with van der Waals surface area (Å²) in [6.45, 7) is 0. The summed E-state index contributed by atoms with van der Waals surface area (Å²) in [5.74, 6) is -0.515. The van der Waals surface area contributed by atoms with Crippen molar-refractivity contribution in [2.45, 2.75) is 0 Å². The van der Waals surface area contributed by atoms with Gasteiger partial charge in [-0.15, -0.1) is 6.42 Å². The molecule has 118 valence electrons. The molecule has 0 saturated heterocycles. The zero-order valence-electron chi connectivity index (χ0n) is 12.6. The van der Waals surface area contributed by atoms with Crippen molar-refractivity contribution < 1.29 is 19.8 Å². The Hall–Kier alpha value is -3.58. The van der Waals surface area contributed by atoms with Crippen LogP contribution in [-0.4, -0.2) is 22.2 Å². The van der Waals surface area contributed by atoms with E-state index in [4.69, 9.17) is 16.6 Å². The molecule has 0 unspecified atom stereocenters. The fourth-order valence-electron chi connectivity index (χ4n) is 2.21. The highest BCUT2D eigenvalue weighted by atomic mass is 16.4. The zero-order valence-corrected chi connectivity index (χ0v) is 12.6. The Labute approximate surface area is 139 Å². The normalized spacial score (nSPS) is 9.46. The van der Waals surface area contributed by atoms with Crippen LogP contribution >= 0.6 is 0 Å². The zero-order chi connectivity index (χ0) is 17.5. The average molecular weight is 318 g/mol. The number of carboxylic acid groups (broad SMARTS) is 2. The van der Waals surface area contributed by atoms with Gasteiger partial charge in [0.2, 0.25) is 0 Å². The molecule has 0 aliphatic heterocycles. The molecular formula is C20H14O4. The number of fused-ring (bicyclic) bond motifs is 1. The molecule has 0 radical (unpaired) electrons. The Kier molecular flexibility index (Phi) is 5.32. The van der Waals surface area contributed by atoms with E-state index < -0.39 is 11.9 Å². The van der Waals surface area contributed by atoms with Crippen LogP contribution in [0.2, 0.25) is 0 Å². The molecule has 0 aliphatic carbocycles. The van der Waals surface area contributed by atoms with Crippen molar-refractivity contribution in [2.24, 2.45) is 0 Å². The Morgan fingerprint density at radius 2 is 1.25 bits per heavy atom. The van der Waals surface area contributed by atoms with Crippen molar-refractivity contribution in [1.29, 1.82) is 0 Å². The van der Waals surface area contributed by atoms with E-state index in [1.807, 2.05) is 0 Å². The standard InChI is InChI=1S/C10H6O4.C10H8/c1-2-6-4-3-5-7(9(11)12)8(6)10(13)14;1-2-6-10-8-4-3-7-9(10)5-1/h1,3-5H,(H,11,12)(H,13,14);1-8H. The van der Waals surface area contributed by atoms with Gasteiger partial charge in [-0.05, 0) is 22.9 Å². The summed E-state index contributed by atoms with van der Waals surface area (Å²) in [6, 6.07) is 20.7. The fraction of sp³-hybridized carbons (Fsp3) is 0. The van der Waals surface area contributed by atoms with Crippen molar-refractivity contribution in [3.8, 4) is 12.3 Å². The van der Waals surface area contributed by atoms with Crippen LogP contribution in [0.5, 0.6) is 0 Å². The van der Waals surface area contributed by atoms with E-state index in [0.717, 1.165) is 0 Å². The van der Waals surface area contributed by atoms with Gasteiger partial charge in [0.1, 0.15) is 0 Å². The van der Waals surface area contributed by atoms with Crippen LogP contribution in [0.3, 0.4) is 0 Å². The minimum absolute atomic E-state index is 0.0670. The highest BCUT2D eigenvalue weighted by molar-refractivity contribution is 6.03. The van der Waals surface area contributed by atoms with Crippen molar-refractivity contribution in [1.82, 2.24) is 0 Å². The van der Waals surface area contributed by atoms with Crippen molar-refractivity contribution in [3.63, 3.8) is 0 Å². The third kappa shape index (κ3) is 3.79. The Morgan fingerprint density at radius 3 is 1.62 bits per heavy atom. The Morgan fingerprint density at radius 1 is 0.750 bits per heavy atom. The average Bonchev–Trinajstić information content (AvgIpc) is 2.61. The van der Waals surface area contributed by atoms with E-state index in [1.54, 1.807) is 0 Å². The topological polar surface area (TPSA) is 74.6 Å². The predicted octanol–water partition coefficient (Wildman–Crippen LogP) is 3.90. The van der Waals surface area contributed by atoms with Crippen LogP contribution in [0.1, 0.15) is 26.3 Å². The first-order valence-corrected chi connectivity index (χ1v) is 7.04. The number of hydrogen-bond acceptors (Lipinski definition) is 2. The molecule has 0 aromatic heterocycles. The van der Waals surface area contributed by atoms with Crippen LogP contribution in [0.4, 0.5) is 0 Å². The summed E-state index contributed by atoms with van der Waals surface area (Å²) >= 11 is 0. The van der Waals surface area contributed by atoms with E-state index in [1.165, 1.54) is 29.0 Å². The van der Waals surface area contributed by atoms with Gasteiger partial charge in [-0.3, -0.25) is 0 Å². The summed E-state index contributed by atoms with van der Waals surface area (Å²) in [4.78, 5) is 21.4. The number of hydrogen-bond donors (Lipinski definition) is 2. The number of aromatic carboxylic acids is 2. The van der Waals surface area contributed by atoms with Gasteiger partial charge in [-0.25, -0.2) is 9.59 Å². The Balaban J connectivity index is 0.000000182. The molecule has 0 fully saturated rings. The second-order valence-electron chi connectivity index (χ2n) is 4.83. The van der Waals surface area contributed by atoms with Gasteiger partial charge in [-0.1, -0.05) is 60.5 Å². The number of benzene rings is 3. The van der Waals surface area contributed by atoms with Gasteiger partial charge < -0.3 is 10.2 Å². The molecule has 0 saturated carbocycles. The van der Waals surface area contributed by atoms with Crippen molar-refractivity contribution >= 4 is 22.7 Å². The maximum atomic E-state index is 10.7. The number of carbonyl (C=O) groups is 2. The lowest BCUT2D eigenvalue weighted by Crippen LogP contribution is -2.10. The van der Waals surface area contributed by atoms with E-state index in [0.29, 0.717) is 0 Å². The molecule has 0 bridgehead atoms. The molecule has 0 atom stereocenters. The first-order chi connectivity index (χ1) is 11.5. The summed E-state index contributed by atoms with van der Waals surface area (Å²) in [7, 11) is 0. The van der Waals surface area contributed by atoms with E-state index >= 15 is 0 Å². The second-order valence-corrected chi connectivity index (χ2v) is 4.83. The van der Waals surface area contributed by atoms with Crippen LogP contribution in [0.15, 0.2) is 66.7 Å². The molecule has 4 heteroatoms. The van der Waals surface area contributed by atoms with Gasteiger partial charge in [0.15, 0.2) is 0 Å².